The second-order valence-corrected chi connectivity index (χ2v) is 5.08. The molecular formula is C17H24N4O2. The average molecular weight is 316 g/mol. The summed E-state index contributed by atoms with van der Waals surface area (Å²) in [6.45, 7) is 6.77. The average Bonchev–Trinajstić information content (AvgIpc) is 3.02. The molecule has 1 aromatic heterocycles. The molecule has 2 aromatic rings. The molecule has 6 heteroatoms. The standard InChI is InChI=1S/C17H24N4O2/c1-3-12-23-15-13-21(14-8-6-5-7-9-14)20-16(15)17(22)19-11-10-18-4-2/h5-9,13,18H,3-4,10-12H2,1-2H3,(H,19,22). The lowest BCUT2D eigenvalue weighted by Gasteiger charge is -2.06. The van der Waals surface area contributed by atoms with E-state index in [1.807, 2.05) is 44.2 Å². The van der Waals surface area contributed by atoms with Crippen LogP contribution in [0.1, 0.15) is 30.8 Å². The van der Waals surface area contributed by atoms with Gasteiger partial charge in [0.15, 0.2) is 11.4 Å². The van der Waals surface area contributed by atoms with Crippen molar-refractivity contribution in [2.24, 2.45) is 0 Å². The summed E-state index contributed by atoms with van der Waals surface area (Å²) in [6, 6.07) is 9.67. The molecule has 0 radical (unpaired) electrons. The Labute approximate surface area is 136 Å². The predicted octanol–water partition coefficient (Wildman–Crippen LogP) is 2.00. The molecule has 2 rings (SSSR count). The minimum Gasteiger partial charge on any atom is -0.489 e. The first-order valence-electron chi connectivity index (χ1n) is 8.03. The molecule has 0 aliphatic heterocycles. The van der Waals surface area contributed by atoms with E-state index in [1.54, 1.807) is 10.9 Å². The summed E-state index contributed by atoms with van der Waals surface area (Å²) in [7, 11) is 0. The number of nitrogens with one attached hydrogen (secondary N) is 2. The van der Waals surface area contributed by atoms with Crippen LogP contribution in [-0.2, 0) is 0 Å². The van der Waals surface area contributed by atoms with Crippen molar-refractivity contribution in [3.63, 3.8) is 0 Å². The van der Waals surface area contributed by atoms with Crippen molar-refractivity contribution in [2.75, 3.05) is 26.2 Å². The Kier molecular flexibility index (Phi) is 6.62. The number of nitrogens with zero attached hydrogens (tertiary/aromatic N) is 2. The van der Waals surface area contributed by atoms with Crippen LogP contribution >= 0.6 is 0 Å². The second kappa shape index (κ2) is 8.95. The lowest BCUT2D eigenvalue weighted by molar-refractivity contribution is 0.0944. The van der Waals surface area contributed by atoms with Gasteiger partial charge in [0.2, 0.25) is 0 Å². The lowest BCUT2D eigenvalue weighted by atomic mass is 10.3. The van der Waals surface area contributed by atoms with Crippen LogP contribution in [0.3, 0.4) is 0 Å². The quantitative estimate of drug-likeness (QED) is 0.694. The van der Waals surface area contributed by atoms with E-state index in [1.165, 1.54) is 0 Å². The van der Waals surface area contributed by atoms with Crippen molar-refractivity contribution in [1.82, 2.24) is 20.4 Å². The zero-order chi connectivity index (χ0) is 16.5. The predicted molar refractivity (Wildman–Crippen MR) is 90.2 cm³/mol. The van der Waals surface area contributed by atoms with Gasteiger partial charge in [-0.25, -0.2) is 4.68 Å². The number of carbonyl (C=O) groups excluding carboxylic acids is 1. The van der Waals surface area contributed by atoms with Crippen molar-refractivity contribution < 1.29 is 9.53 Å². The van der Waals surface area contributed by atoms with E-state index in [9.17, 15) is 4.79 Å². The highest BCUT2D eigenvalue weighted by atomic mass is 16.5. The molecule has 124 valence electrons. The van der Waals surface area contributed by atoms with E-state index in [0.717, 1.165) is 25.2 Å². The van der Waals surface area contributed by atoms with Gasteiger partial charge in [-0.2, -0.15) is 5.10 Å². The van der Waals surface area contributed by atoms with Gasteiger partial charge < -0.3 is 15.4 Å². The van der Waals surface area contributed by atoms with E-state index in [2.05, 4.69) is 15.7 Å². The fourth-order valence-corrected chi connectivity index (χ4v) is 2.07. The van der Waals surface area contributed by atoms with Crippen molar-refractivity contribution >= 4 is 5.91 Å². The number of benzene rings is 1. The minimum atomic E-state index is -0.219. The van der Waals surface area contributed by atoms with Crippen LogP contribution in [0.5, 0.6) is 5.75 Å². The Bertz CT molecular complexity index is 610. The monoisotopic (exact) mass is 316 g/mol. The van der Waals surface area contributed by atoms with Crippen molar-refractivity contribution in [1.29, 1.82) is 0 Å². The van der Waals surface area contributed by atoms with Gasteiger partial charge in [0.05, 0.1) is 18.5 Å². The number of carbonyl (C=O) groups is 1. The second-order valence-electron chi connectivity index (χ2n) is 5.08. The largest absolute Gasteiger partial charge is 0.489 e. The molecule has 0 saturated carbocycles. The number of likely N-dealkylation sites (N-methyl/N-ethyl adjacent to an activating group) is 1. The summed E-state index contributed by atoms with van der Waals surface area (Å²) < 4.78 is 7.35. The van der Waals surface area contributed by atoms with Crippen LogP contribution < -0.4 is 15.4 Å². The first-order valence-corrected chi connectivity index (χ1v) is 8.03. The van der Waals surface area contributed by atoms with E-state index in [4.69, 9.17) is 4.74 Å². The van der Waals surface area contributed by atoms with Gasteiger partial charge in [0.25, 0.3) is 5.91 Å². The Morgan fingerprint density at radius 2 is 2.00 bits per heavy atom. The lowest BCUT2D eigenvalue weighted by Crippen LogP contribution is -2.32. The molecule has 0 bridgehead atoms. The zero-order valence-electron chi connectivity index (χ0n) is 13.7. The third kappa shape index (κ3) is 4.82. The number of hydrogen-bond donors (Lipinski definition) is 2. The molecule has 0 atom stereocenters. The van der Waals surface area contributed by atoms with Crippen LogP contribution in [-0.4, -0.2) is 41.9 Å². The summed E-state index contributed by atoms with van der Waals surface area (Å²) in [6.07, 6.45) is 2.63. The van der Waals surface area contributed by atoms with Gasteiger partial charge in [-0.3, -0.25) is 4.79 Å². The van der Waals surface area contributed by atoms with E-state index in [0.29, 0.717) is 24.6 Å². The van der Waals surface area contributed by atoms with Gasteiger partial charge in [0, 0.05) is 13.1 Å². The molecule has 0 fully saturated rings. The Morgan fingerprint density at radius 1 is 1.22 bits per heavy atom. The third-order valence-electron chi connectivity index (χ3n) is 3.22. The smallest absolute Gasteiger partial charge is 0.275 e. The molecule has 2 N–H and O–H groups in total. The number of aromatic nitrogens is 2. The fourth-order valence-electron chi connectivity index (χ4n) is 2.07. The third-order valence-corrected chi connectivity index (χ3v) is 3.22. The van der Waals surface area contributed by atoms with Gasteiger partial charge in [-0.15, -0.1) is 0 Å². The van der Waals surface area contributed by atoms with Crippen LogP contribution in [0.15, 0.2) is 36.5 Å². The molecule has 6 nitrogen and oxygen atoms in total. The van der Waals surface area contributed by atoms with E-state index >= 15 is 0 Å². The highest BCUT2D eigenvalue weighted by Gasteiger charge is 2.18. The molecule has 0 spiro atoms. The van der Waals surface area contributed by atoms with Crippen LogP contribution in [0, 0.1) is 0 Å². The van der Waals surface area contributed by atoms with Crippen molar-refractivity contribution in [3.8, 4) is 11.4 Å². The van der Waals surface area contributed by atoms with Gasteiger partial charge in [-0.1, -0.05) is 32.0 Å². The molecule has 23 heavy (non-hydrogen) atoms. The van der Waals surface area contributed by atoms with Gasteiger partial charge in [0.1, 0.15) is 0 Å². The van der Waals surface area contributed by atoms with Crippen molar-refractivity contribution in [3.05, 3.63) is 42.2 Å². The highest BCUT2D eigenvalue weighted by Crippen LogP contribution is 2.20. The molecule has 0 unspecified atom stereocenters. The first-order chi connectivity index (χ1) is 11.3. The molecule has 0 saturated heterocycles. The first kappa shape index (κ1) is 17.0. The topological polar surface area (TPSA) is 68.2 Å². The summed E-state index contributed by atoms with van der Waals surface area (Å²) in [4.78, 5) is 12.3. The molecule has 1 amide bonds. The summed E-state index contributed by atoms with van der Waals surface area (Å²) in [5.74, 6) is 0.292. The Balaban J connectivity index is 2.15. The number of ether oxygens (including phenoxy) is 1. The van der Waals surface area contributed by atoms with Gasteiger partial charge in [-0.05, 0) is 25.1 Å². The number of para-hydroxylation sites is 1. The van der Waals surface area contributed by atoms with E-state index in [-0.39, 0.29) is 5.91 Å². The summed E-state index contributed by atoms with van der Waals surface area (Å²) >= 11 is 0. The Hall–Kier alpha value is -2.34. The van der Waals surface area contributed by atoms with Gasteiger partial charge >= 0.3 is 0 Å². The molecule has 1 aromatic carbocycles. The minimum absolute atomic E-state index is 0.219. The maximum atomic E-state index is 12.3. The molecular weight excluding hydrogens is 292 g/mol. The van der Waals surface area contributed by atoms with Crippen molar-refractivity contribution in [2.45, 2.75) is 20.3 Å². The zero-order valence-corrected chi connectivity index (χ0v) is 13.7. The fraction of sp³-hybridized carbons (Fsp3) is 0.412. The molecule has 0 aliphatic rings. The maximum Gasteiger partial charge on any atom is 0.275 e. The molecule has 1 heterocycles. The normalized spacial score (nSPS) is 10.5. The van der Waals surface area contributed by atoms with Crippen LogP contribution in [0.25, 0.3) is 5.69 Å². The molecule has 0 aliphatic carbocycles. The Morgan fingerprint density at radius 3 is 2.70 bits per heavy atom. The SMILES string of the molecule is CCCOc1cn(-c2ccccc2)nc1C(=O)NCCNCC. The highest BCUT2D eigenvalue weighted by molar-refractivity contribution is 5.94. The van der Waals surface area contributed by atoms with Crippen LogP contribution in [0.4, 0.5) is 0 Å². The maximum absolute atomic E-state index is 12.3. The summed E-state index contributed by atoms with van der Waals surface area (Å²) in [5.41, 5.74) is 1.21. The summed E-state index contributed by atoms with van der Waals surface area (Å²) in [5, 5.41) is 10.4. The van der Waals surface area contributed by atoms with Crippen LogP contribution in [0.2, 0.25) is 0 Å². The number of hydrogen-bond acceptors (Lipinski definition) is 4. The number of rotatable bonds is 9. The van der Waals surface area contributed by atoms with E-state index < -0.39 is 0 Å². The number of amides is 1.